The van der Waals surface area contributed by atoms with Crippen LogP contribution < -0.4 is 15.0 Å². The number of hydrogen-bond acceptors (Lipinski definition) is 5. The third-order valence-corrected chi connectivity index (χ3v) is 7.83. The normalized spacial score (nSPS) is 17.1. The third-order valence-electron chi connectivity index (χ3n) is 5.94. The molecule has 166 valence electrons. The zero-order valence-electron chi connectivity index (χ0n) is 17.8. The predicted molar refractivity (Wildman–Crippen MR) is 121 cm³/mol. The average molecular weight is 444 g/mol. The number of nitrogens with zero attached hydrogens (tertiary/aromatic N) is 2. The quantitative estimate of drug-likeness (QED) is 0.741. The fourth-order valence-corrected chi connectivity index (χ4v) is 5.88. The number of rotatable bonds is 6. The van der Waals surface area contributed by atoms with E-state index in [1.165, 1.54) is 23.0 Å². The lowest BCUT2D eigenvalue weighted by Gasteiger charge is -2.30. The maximum absolute atomic E-state index is 13.0. The standard InChI is InChI=1S/C23H29N3O4S/c1-30-22-12-11-19(31(28,29)26-14-5-2-6-15-26)16-20(22)24-23(27)17-25-13-7-9-18-8-3-4-10-21(18)25/h3-4,8,10-12,16H,2,5-7,9,13-15,17H2,1H3,(H,24,27). The lowest BCUT2D eigenvalue weighted by molar-refractivity contribution is -0.115. The summed E-state index contributed by atoms with van der Waals surface area (Å²) in [5.41, 5.74) is 2.70. The first-order valence-corrected chi connectivity index (χ1v) is 12.2. The number of ether oxygens (including phenoxy) is 1. The van der Waals surface area contributed by atoms with Crippen molar-refractivity contribution in [1.29, 1.82) is 0 Å². The summed E-state index contributed by atoms with van der Waals surface area (Å²) in [7, 11) is -2.09. The summed E-state index contributed by atoms with van der Waals surface area (Å²) >= 11 is 0. The molecular weight excluding hydrogens is 414 g/mol. The molecule has 0 unspecified atom stereocenters. The molecule has 0 bridgehead atoms. The molecule has 2 aromatic carbocycles. The number of fused-ring (bicyclic) bond motifs is 1. The number of amides is 1. The van der Waals surface area contributed by atoms with Gasteiger partial charge in [0, 0.05) is 25.3 Å². The maximum Gasteiger partial charge on any atom is 0.243 e. The van der Waals surface area contributed by atoms with E-state index in [9.17, 15) is 13.2 Å². The Morgan fingerprint density at radius 1 is 1.03 bits per heavy atom. The Labute approximate surface area is 184 Å². The van der Waals surface area contributed by atoms with Gasteiger partial charge < -0.3 is 15.0 Å². The number of carbonyl (C=O) groups excluding carboxylic acids is 1. The summed E-state index contributed by atoms with van der Waals surface area (Å²) in [4.78, 5) is 15.1. The monoisotopic (exact) mass is 443 g/mol. The van der Waals surface area contributed by atoms with Gasteiger partial charge in [0.1, 0.15) is 5.75 Å². The van der Waals surface area contributed by atoms with Crippen LogP contribution in [0.4, 0.5) is 11.4 Å². The summed E-state index contributed by atoms with van der Waals surface area (Å²) in [5, 5.41) is 2.87. The molecule has 0 aromatic heterocycles. The van der Waals surface area contributed by atoms with Crippen molar-refractivity contribution in [2.75, 3.05) is 43.5 Å². The van der Waals surface area contributed by atoms with E-state index in [-0.39, 0.29) is 17.3 Å². The SMILES string of the molecule is COc1ccc(S(=O)(=O)N2CCCCC2)cc1NC(=O)CN1CCCc2ccccc21. The van der Waals surface area contributed by atoms with Crippen LogP contribution in [-0.4, -0.2) is 51.9 Å². The van der Waals surface area contributed by atoms with Gasteiger partial charge in [0.25, 0.3) is 0 Å². The number of sulfonamides is 1. The van der Waals surface area contributed by atoms with Crippen LogP contribution in [0.2, 0.25) is 0 Å². The molecule has 0 radical (unpaired) electrons. The number of piperidine rings is 1. The van der Waals surface area contributed by atoms with Crippen molar-refractivity contribution in [1.82, 2.24) is 4.31 Å². The fraction of sp³-hybridized carbons (Fsp3) is 0.435. The summed E-state index contributed by atoms with van der Waals surface area (Å²) in [5.74, 6) is 0.229. The second kappa shape index (κ2) is 9.28. The van der Waals surface area contributed by atoms with Crippen LogP contribution >= 0.6 is 0 Å². The Morgan fingerprint density at radius 3 is 2.58 bits per heavy atom. The van der Waals surface area contributed by atoms with Crippen molar-refractivity contribution in [3.8, 4) is 5.75 Å². The molecule has 2 aliphatic heterocycles. The second-order valence-electron chi connectivity index (χ2n) is 8.03. The number of hydrogen-bond donors (Lipinski definition) is 1. The molecule has 1 saturated heterocycles. The number of para-hydroxylation sites is 1. The number of carbonyl (C=O) groups is 1. The molecule has 0 aliphatic carbocycles. The molecular formula is C23H29N3O4S. The Bertz CT molecular complexity index is 1050. The van der Waals surface area contributed by atoms with E-state index in [1.807, 2.05) is 18.2 Å². The van der Waals surface area contributed by atoms with Crippen LogP contribution in [0.5, 0.6) is 5.75 Å². The molecule has 2 heterocycles. The van der Waals surface area contributed by atoms with E-state index >= 15 is 0 Å². The molecule has 8 heteroatoms. The third kappa shape index (κ3) is 4.70. The minimum Gasteiger partial charge on any atom is -0.495 e. The first kappa shape index (κ1) is 21.6. The minimum absolute atomic E-state index is 0.175. The molecule has 0 spiro atoms. The molecule has 1 N–H and O–H groups in total. The largest absolute Gasteiger partial charge is 0.495 e. The number of anilines is 2. The van der Waals surface area contributed by atoms with Gasteiger partial charge in [0.15, 0.2) is 0 Å². The van der Waals surface area contributed by atoms with Gasteiger partial charge in [0.05, 0.1) is 24.2 Å². The van der Waals surface area contributed by atoms with Crippen LogP contribution in [0.1, 0.15) is 31.2 Å². The Hall–Kier alpha value is -2.58. The molecule has 2 aliphatic rings. The topological polar surface area (TPSA) is 79.0 Å². The van der Waals surface area contributed by atoms with E-state index in [2.05, 4.69) is 16.3 Å². The highest BCUT2D eigenvalue weighted by molar-refractivity contribution is 7.89. The molecule has 2 aromatic rings. The first-order chi connectivity index (χ1) is 15.0. The highest BCUT2D eigenvalue weighted by Gasteiger charge is 2.27. The van der Waals surface area contributed by atoms with E-state index in [1.54, 1.807) is 12.1 Å². The van der Waals surface area contributed by atoms with Gasteiger partial charge in [-0.3, -0.25) is 4.79 Å². The maximum atomic E-state index is 13.0. The second-order valence-corrected chi connectivity index (χ2v) is 9.97. The Morgan fingerprint density at radius 2 is 1.81 bits per heavy atom. The lowest BCUT2D eigenvalue weighted by Crippen LogP contribution is -2.37. The molecule has 4 rings (SSSR count). The van der Waals surface area contributed by atoms with Gasteiger partial charge in [-0.2, -0.15) is 4.31 Å². The minimum atomic E-state index is -3.60. The van der Waals surface area contributed by atoms with Gasteiger partial charge in [-0.1, -0.05) is 24.6 Å². The summed E-state index contributed by atoms with van der Waals surface area (Å²) in [6.07, 6.45) is 4.80. The summed E-state index contributed by atoms with van der Waals surface area (Å²) in [6, 6.07) is 12.8. The Kier molecular flexibility index (Phi) is 6.48. The smallest absolute Gasteiger partial charge is 0.243 e. The summed E-state index contributed by atoms with van der Waals surface area (Å²) < 4.78 is 33.0. The van der Waals surface area contributed by atoms with E-state index < -0.39 is 10.0 Å². The van der Waals surface area contributed by atoms with Crippen molar-refractivity contribution in [3.05, 3.63) is 48.0 Å². The average Bonchev–Trinajstić information content (AvgIpc) is 2.80. The molecule has 7 nitrogen and oxygen atoms in total. The van der Waals surface area contributed by atoms with Gasteiger partial charge in [-0.25, -0.2) is 8.42 Å². The zero-order valence-corrected chi connectivity index (χ0v) is 18.7. The van der Waals surface area contributed by atoms with Crippen molar-refractivity contribution >= 4 is 27.3 Å². The number of nitrogens with one attached hydrogen (secondary N) is 1. The van der Waals surface area contributed by atoms with Gasteiger partial charge in [-0.15, -0.1) is 0 Å². The molecule has 0 saturated carbocycles. The number of benzene rings is 2. The Balaban J connectivity index is 1.52. The van der Waals surface area contributed by atoms with E-state index in [0.29, 0.717) is 24.5 Å². The predicted octanol–water partition coefficient (Wildman–Crippen LogP) is 3.26. The molecule has 0 atom stereocenters. The highest BCUT2D eigenvalue weighted by atomic mass is 32.2. The molecule has 1 amide bonds. The first-order valence-electron chi connectivity index (χ1n) is 10.8. The van der Waals surface area contributed by atoms with Crippen molar-refractivity contribution in [3.63, 3.8) is 0 Å². The van der Waals surface area contributed by atoms with Crippen LogP contribution in [0.15, 0.2) is 47.4 Å². The number of methoxy groups -OCH3 is 1. The zero-order chi connectivity index (χ0) is 21.8. The molecule has 1 fully saturated rings. The van der Waals surface area contributed by atoms with Crippen LogP contribution in [0, 0.1) is 0 Å². The number of aryl methyl sites for hydroxylation is 1. The summed E-state index contributed by atoms with van der Waals surface area (Å²) in [6.45, 7) is 2.07. The highest BCUT2D eigenvalue weighted by Crippen LogP contribution is 2.31. The fourth-order valence-electron chi connectivity index (χ4n) is 4.34. The van der Waals surface area contributed by atoms with Crippen molar-refractivity contribution in [2.45, 2.75) is 37.0 Å². The lowest BCUT2D eigenvalue weighted by atomic mass is 10.0. The van der Waals surface area contributed by atoms with E-state index in [4.69, 9.17) is 4.74 Å². The van der Waals surface area contributed by atoms with Crippen LogP contribution in [-0.2, 0) is 21.2 Å². The molecule has 31 heavy (non-hydrogen) atoms. The van der Waals surface area contributed by atoms with Gasteiger partial charge in [-0.05, 0) is 55.5 Å². The van der Waals surface area contributed by atoms with E-state index in [0.717, 1.165) is 44.3 Å². The van der Waals surface area contributed by atoms with Gasteiger partial charge >= 0.3 is 0 Å². The van der Waals surface area contributed by atoms with Crippen molar-refractivity contribution in [2.24, 2.45) is 0 Å². The van der Waals surface area contributed by atoms with Crippen molar-refractivity contribution < 1.29 is 17.9 Å². The van der Waals surface area contributed by atoms with Crippen LogP contribution in [0.3, 0.4) is 0 Å². The van der Waals surface area contributed by atoms with Crippen LogP contribution in [0.25, 0.3) is 0 Å². The van der Waals surface area contributed by atoms with Gasteiger partial charge in [0.2, 0.25) is 15.9 Å².